The molecule has 9 N–H and O–H groups in total. The molecule has 9 atom stereocenters. The summed E-state index contributed by atoms with van der Waals surface area (Å²) in [6.45, 7) is -0.284. The Hall–Kier alpha value is -2.06. The van der Waals surface area contributed by atoms with Crippen LogP contribution in [0.5, 0.6) is 0 Å². The van der Waals surface area contributed by atoms with Gasteiger partial charge in [0, 0.05) is 18.8 Å². The molecular formula is C18H25N5O7. The maximum Gasteiger partial charge on any atom is 0.262 e. The van der Waals surface area contributed by atoms with Crippen molar-refractivity contribution in [1.82, 2.24) is 19.9 Å². The Morgan fingerprint density at radius 2 is 1.97 bits per heavy atom. The Labute approximate surface area is 169 Å². The molecule has 12 nitrogen and oxygen atoms in total. The summed E-state index contributed by atoms with van der Waals surface area (Å²) in [4.78, 5) is 19.2. The van der Waals surface area contributed by atoms with E-state index in [1.807, 2.05) is 0 Å². The maximum absolute atomic E-state index is 12.6. The highest BCUT2D eigenvalue weighted by Crippen LogP contribution is 2.52. The molecule has 1 aliphatic heterocycles. The average molecular weight is 423 g/mol. The highest BCUT2D eigenvalue weighted by atomic mass is 16.6. The zero-order chi connectivity index (χ0) is 21.3. The van der Waals surface area contributed by atoms with Gasteiger partial charge in [-0.25, -0.2) is 0 Å². The van der Waals surface area contributed by atoms with Gasteiger partial charge in [-0.15, -0.1) is 0 Å². The lowest BCUT2D eigenvalue weighted by atomic mass is 10.1. The second kappa shape index (κ2) is 6.99. The minimum atomic E-state index is -1.35. The van der Waals surface area contributed by atoms with Gasteiger partial charge in [0.2, 0.25) is 5.95 Å². The summed E-state index contributed by atoms with van der Waals surface area (Å²) >= 11 is 0. The number of H-pyrrole nitrogens is 1. The molecule has 5 rings (SSSR count). The van der Waals surface area contributed by atoms with Gasteiger partial charge < -0.3 is 45.9 Å². The number of nitrogens with zero attached hydrogens (tertiary/aromatic N) is 2. The second-order valence-corrected chi connectivity index (χ2v) is 8.39. The number of hydrogen-bond acceptors (Lipinski definition) is 10. The second-order valence-electron chi connectivity index (χ2n) is 8.39. The third-order valence-electron chi connectivity index (χ3n) is 6.61. The first-order valence-electron chi connectivity index (χ1n) is 9.93. The normalized spacial score (nSPS) is 40.2. The zero-order valence-corrected chi connectivity index (χ0v) is 15.9. The summed E-state index contributed by atoms with van der Waals surface area (Å²) in [5, 5.41) is 53.5. The molecule has 2 aromatic heterocycles. The fraction of sp³-hybridized carbons (Fsp3) is 0.667. The average Bonchev–Trinajstić information content (AvgIpc) is 3.26. The Bertz CT molecular complexity index is 1020. The van der Waals surface area contributed by atoms with E-state index in [-0.39, 0.29) is 41.4 Å². The molecule has 12 heteroatoms. The molecule has 0 spiro atoms. The van der Waals surface area contributed by atoms with Crippen LogP contribution in [-0.2, 0) is 11.3 Å². The number of aliphatic hydroxyl groups excluding tert-OH is 5. The SMILES string of the molecule is Nc1nc2c(c(CN[C@H]3[C@H](O)[C@H](O)[C@H]4C[C@H]43)cn2C2OC(CO)C(O)C2O)c(=O)[nH]1. The van der Waals surface area contributed by atoms with Crippen LogP contribution in [0.15, 0.2) is 11.0 Å². The van der Waals surface area contributed by atoms with Crippen molar-refractivity contribution >= 4 is 17.0 Å². The number of rotatable bonds is 5. The summed E-state index contributed by atoms with van der Waals surface area (Å²) in [5.74, 6) is 0.173. The lowest BCUT2D eigenvalue weighted by molar-refractivity contribution is -0.0509. The van der Waals surface area contributed by atoms with E-state index in [0.29, 0.717) is 5.56 Å². The topological polar surface area (TPSA) is 199 Å². The fourth-order valence-corrected chi connectivity index (χ4v) is 4.95. The number of aromatic amines is 1. The highest BCUT2D eigenvalue weighted by molar-refractivity contribution is 5.80. The van der Waals surface area contributed by atoms with Crippen molar-refractivity contribution in [3.63, 3.8) is 0 Å². The molecule has 0 bridgehead atoms. The van der Waals surface area contributed by atoms with E-state index in [4.69, 9.17) is 10.5 Å². The molecule has 3 heterocycles. The summed E-state index contributed by atoms with van der Waals surface area (Å²) in [5.41, 5.74) is 5.92. The van der Waals surface area contributed by atoms with E-state index in [1.165, 1.54) is 4.57 Å². The van der Waals surface area contributed by atoms with E-state index in [1.54, 1.807) is 6.20 Å². The molecule has 2 saturated carbocycles. The van der Waals surface area contributed by atoms with Gasteiger partial charge in [0.05, 0.1) is 24.2 Å². The van der Waals surface area contributed by atoms with Crippen LogP contribution in [0.3, 0.4) is 0 Å². The molecule has 0 radical (unpaired) electrons. The smallest absolute Gasteiger partial charge is 0.262 e. The van der Waals surface area contributed by atoms with E-state index in [2.05, 4.69) is 15.3 Å². The van der Waals surface area contributed by atoms with E-state index < -0.39 is 48.9 Å². The number of nitrogen functional groups attached to an aromatic ring is 1. The standard InChI is InChI=1S/C18H25N5O7/c19-18-21-15-9(16(29)22-18)5(2-20-10-6-1-7(6)11(25)13(10)27)3-23(15)17-14(28)12(26)8(4-24)30-17/h3,6-8,10-14,17,20,24-28H,1-2,4H2,(H3,19,21,22,29)/t6-,7+,8?,10-,11-,12?,13+,14?,17?/m1/s1. The summed E-state index contributed by atoms with van der Waals surface area (Å²) in [6.07, 6.45) is -3.92. The number of aromatic nitrogens is 3. The number of nitrogens with two attached hydrogens (primary N) is 1. The fourth-order valence-electron chi connectivity index (χ4n) is 4.95. The molecule has 0 aromatic carbocycles. The van der Waals surface area contributed by atoms with Gasteiger partial charge >= 0.3 is 0 Å². The van der Waals surface area contributed by atoms with Crippen molar-refractivity contribution in [3.05, 3.63) is 22.1 Å². The van der Waals surface area contributed by atoms with Crippen LogP contribution in [0.4, 0.5) is 5.95 Å². The third kappa shape index (κ3) is 2.87. The Morgan fingerprint density at radius 3 is 2.60 bits per heavy atom. The van der Waals surface area contributed by atoms with Gasteiger partial charge in [-0.2, -0.15) is 4.98 Å². The first-order valence-corrected chi connectivity index (χ1v) is 9.93. The van der Waals surface area contributed by atoms with Gasteiger partial charge in [-0.1, -0.05) is 0 Å². The van der Waals surface area contributed by atoms with E-state index >= 15 is 0 Å². The van der Waals surface area contributed by atoms with Crippen molar-refractivity contribution in [2.24, 2.45) is 11.8 Å². The first-order chi connectivity index (χ1) is 14.3. The molecule has 3 aliphatic rings. The van der Waals surface area contributed by atoms with Crippen LogP contribution < -0.4 is 16.6 Å². The van der Waals surface area contributed by atoms with Crippen molar-refractivity contribution in [1.29, 1.82) is 0 Å². The Kier molecular flexibility index (Phi) is 4.63. The predicted molar refractivity (Wildman–Crippen MR) is 102 cm³/mol. The van der Waals surface area contributed by atoms with Gasteiger partial charge in [0.15, 0.2) is 11.9 Å². The van der Waals surface area contributed by atoms with Crippen molar-refractivity contribution in [3.8, 4) is 0 Å². The molecule has 164 valence electrons. The lowest BCUT2D eigenvalue weighted by Crippen LogP contribution is -2.42. The summed E-state index contributed by atoms with van der Waals surface area (Å²) < 4.78 is 7.00. The van der Waals surface area contributed by atoms with Crippen molar-refractivity contribution in [2.45, 2.75) is 55.8 Å². The summed E-state index contributed by atoms with van der Waals surface area (Å²) in [6, 6.07) is -0.293. The van der Waals surface area contributed by atoms with Crippen molar-refractivity contribution in [2.75, 3.05) is 12.3 Å². The summed E-state index contributed by atoms with van der Waals surface area (Å²) in [7, 11) is 0. The minimum Gasteiger partial charge on any atom is -0.394 e. The zero-order valence-electron chi connectivity index (χ0n) is 15.9. The van der Waals surface area contributed by atoms with Crippen molar-refractivity contribution < 1.29 is 30.3 Å². The van der Waals surface area contributed by atoms with E-state index in [9.17, 15) is 30.3 Å². The van der Waals surface area contributed by atoms with Crippen LogP contribution in [0.25, 0.3) is 11.0 Å². The monoisotopic (exact) mass is 423 g/mol. The van der Waals surface area contributed by atoms with Gasteiger partial charge in [-0.3, -0.25) is 9.78 Å². The van der Waals surface area contributed by atoms with Crippen LogP contribution in [0, 0.1) is 11.8 Å². The quantitative estimate of drug-likeness (QED) is 0.241. The molecule has 30 heavy (non-hydrogen) atoms. The Balaban J connectivity index is 1.49. The van der Waals surface area contributed by atoms with Crippen LogP contribution >= 0.6 is 0 Å². The third-order valence-corrected chi connectivity index (χ3v) is 6.61. The molecule has 1 saturated heterocycles. The predicted octanol–water partition coefficient (Wildman–Crippen LogP) is -3.25. The molecule has 0 amide bonds. The molecule has 3 fully saturated rings. The lowest BCUT2D eigenvalue weighted by Gasteiger charge is -2.21. The number of anilines is 1. The van der Waals surface area contributed by atoms with Gasteiger partial charge in [-0.05, 0) is 23.8 Å². The molecule has 4 unspecified atom stereocenters. The number of ether oxygens (including phenoxy) is 1. The number of hydrogen-bond donors (Lipinski definition) is 8. The van der Waals surface area contributed by atoms with Gasteiger partial charge in [0.1, 0.15) is 18.3 Å². The largest absolute Gasteiger partial charge is 0.394 e. The minimum absolute atomic E-state index is 0.0997. The van der Waals surface area contributed by atoms with E-state index in [0.717, 1.165) is 6.42 Å². The molecule has 2 aliphatic carbocycles. The molecule has 2 aromatic rings. The number of fused-ring (bicyclic) bond motifs is 2. The first kappa shape index (κ1) is 19.9. The number of aliphatic hydroxyl groups is 5. The van der Waals surface area contributed by atoms with Crippen LogP contribution in [-0.4, -0.2) is 83.2 Å². The van der Waals surface area contributed by atoms with Crippen LogP contribution in [0.1, 0.15) is 18.2 Å². The highest BCUT2D eigenvalue weighted by Gasteiger charge is 2.59. The van der Waals surface area contributed by atoms with Crippen LogP contribution in [0.2, 0.25) is 0 Å². The Morgan fingerprint density at radius 1 is 1.20 bits per heavy atom. The maximum atomic E-state index is 12.6. The molecular weight excluding hydrogens is 398 g/mol. The number of nitrogens with one attached hydrogen (secondary N) is 2. The van der Waals surface area contributed by atoms with Gasteiger partial charge in [0.25, 0.3) is 5.56 Å².